The second kappa shape index (κ2) is 13.9. The van der Waals surface area contributed by atoms with Crippen LogP contribution >= 0.6 is 47.2 Å². The van der Waals surface area contributed by atoms with Crippen molar-refractivity contribution in [2.24, 2.45) is 4.99 Å². The monoisotopic (exact) mass is 541 g/mol. The predicted octanol–water partition coefficient (Wildman–Crippen LogP) is 4.04. The summed E-state index contributed by atoms with van der Waals surface area (Å²) in [5.41, 5.74) is 1.11. The summed E-state index contributed by atoms with van der Waals surface area (Å²) in [4.78, 5) is 11.6. The van der Waals surface area contributed by atoms with E-state index in [1.54, 1.807) is 0 Å². The molecule has 1 aromatic carbocycles. The van der Waals surface area contributed by atoms with E-state index in [1.165, 1.54) is 45.7 Å². The summed E-state index contributed by atoms with van der Waals surface area (Å²) in [6.07, 6.45) is 2.36. The number of hydrogen-bond donors (Lipinski definition) is 1. The van der Waals surface area contributed by atoms with Gasteiger partial charge in [0.05, 0.1) is 10.0 Å². The third-order valence-corrected chi connectivity index (χ3v) is 5.81. The number of aliphatic imine (C=N–C) groups is 1. The predicted molar refractivity (Wildman–Crippen MR) is 132 cm³/mol. The first-order valence-electron chi connectivity index (χ1n) is 9.84. The molecule has 1 saturated heterocycles. The highest BCUT2D eigenvalue weighted by molar-refractivity contribution is 14.0. The van der Waals surface area contributed by atoms with E-state index in [0.29, 0.717) is 10.0 Å². The molecular weight excluding hydrogens is 508 g/mol. The Labute approximate surface area is 197 Å². The highest BCUT2D eigenvalue weighted by Gasteiger charge is 2.14. The van der Waals surface area contributed by atoms with Crippen LogP contribution in [0.2, 0.25) is 10.0 Å². The van der Waals surface area contributed by atoms with Crippen LogP contribution in [0.25, 0.3) is 0 Å². The van der Waals surface area contributed by atoms with Gasteiger partial charge in [-0.2, -0.15) is 0 Å². The van der Waals surface area contributed by atoms with Crippen molar-refractivity contribution < 1.29 is 0 Å². The Morgan fingerprint density at radius 3 is 2.39 bits per heavy atom. The summed E-state index contributed by atoms with van der Waals surface area (Å²) in [5.74, 6) is 0.901. The molecule has 0 atom stereocenters. The molecule has 0 radical (unpaired) electrons. The van der Waals surface area contributed by atoms with E-state index in [1.807, 2.05) is 32.3 Å². The minimum atomic E-state index is 0. The maximum Gasteiger partial charge on any atom is 0.193 e. The van der Waals surface area contributed by atoms with E-state index in [9.17, 15) is 0 Å². The molecule has 8 heteroatoms. The van der Waals surface area contributed by atoms with Crippen LogP contribution in [0, 0.1) is 0 Å². The molecule has 0 unspecified atom stereocenters. The Kier molecular flexibility index (Phi) is 12.7. The molecule has 1 N–H and O–H groups in total. The van der Waals surface area contributed by atoms with Gasteiger partial charge in [0.25, 0.3) is 0 Å². The van der Waals surface area contributed by atoms with Gasteiger partial charge in [-0.25, -0.2) is 0 Å². The Balaban J connectivity index is 0.00000392. The van der Waals surface area contributed by atoms with Crippen molar-refractivity contribution in [3.05, 3.63) is 33.8 Å². The zero-order valence-corrected chi connectivity index (χ0v) is 21.1. The van der Waals surface area contributed by atoms with Gasteiger partial charge in [0.15, 0.2) is 5.96 Å². The zero-order valence-electron chi connectivity index (χ0n) is 17.3. The standard InChI is InChI=1S/C20H33Cl2N5.HI/c1-4-26-11-13-27(14-12-26)10-6-5-9-24-20(23-2)25(3)16-17-7-8-18(21)19(22)15-17;/h7-8,15H,4-6,9-14,16H2,1-3H3,(H,23,24);1H. The molecule has 1 aliphatic rings. The van der Waals surface area contributed by atoms with Crippen LogP contribution in [0.15, 0.2) is 23.2 Å². The molecule has 0 saturated carbocycles. The molecule has 2 rings (SSSR count). The quantitative estimate of drug-likeness (QED) is 0.233. The average Bonchev–Trinajstić information content (AvgIpc) is 2.68. The fourth-order valence-corrected chi connectivity index (χ4v) is 3.68. The Bertz CT molecular complexity index is 606. The summed E-state index contributed by atoms with van der Waals surface area (Å²) >= 11 is 12.1. The lowest BCUT2D eigenvalue weighted by molar-refractivity contribution is 0.136. The van der Waals surface area contributed by atoms with Gasteiger partial charge in [0.2, 0.25) is 0 Å². The van der Waals surface area contributed by atoms with Gasteiger partial charge >= 0.3 is 0 Å². The number of piperazine rings is 1. The van der Waals surface area contributed by atoms with Crippen LogP contribution in [0.4, 0.5) is 0 Å². The minimum absolute atomic E-state index is 0. The Morgan fingerprint density at radius 2 is 1.79 bits per heavy atom. The molecule has 1 aromatic rings. The number of halogens is 3. The van der Waals surface area contributed by atoms with E-state index < -0.39 is 0 Å². The number of nitrogens with zero attached hydrogens (tertiary/aromatic N) is 4. The normalized spacial score (nSPS) is 16.0. The summed E-state index contributed by atoms with van der Waals surface area (Å²) < 4.78 is 0. The second-order valence-corrected chi connectivity index (χ2v) is 7.88. The Morgan fingerprint density at radius 1 is 1.11 bits per heavy atom. The fourth-order valence-electron chi connectivity index (χ4n) is 3.36. The highest BCUT2D eigenvalue weighted by Crippen LogP contribution is 2.23. The van der Waals surface area contributed by atoms with E-state index >= 15 is 0 Å². The number of nitrogens with one attached hydrogen (secondary N) is 1. The highest BCUT2D eigenvalue weighted by atomic mass is 127. The van der Waals surface area contributed by atoms with Crippen LogP contribution in [0.1, 0.15) is 25.3 Å². The SMILES string of the molecule is CCN1CCN(CCCCNC(=NC)N(C)Cc2ccc(Cl)c(Cl)c2)CC1.I. The molecule has 1 fully saturated rings. The molecular formula is C20H34Cl2IN5. The van der Waals surface area contributed by atoms with Crippen LogP contribution < -0.4 is 5.32 Å². The number of hydrogen-bond acceptors (Lipinski definition) is 3. The summed E-state index contributed by atoms with van der Waals surface area (Å²) in [7, 11) is 3.85. The van der Waals surface area contributed by atoms with Crippen LogP contribution in [0.3, 0.4) is 0 Å². The van der Waals surface area contributed by atoms with Crippen LogP contribution in [-0.4, -0.2) is 80.6 Å². The smallest absolute Gasteiger partial charge is 0.193 e. The summed E-state index contributed by atoms with van der Waals surface area (Å²) in [6.45, 7) is 11.1. The third-order valence-electron chi connectivity index (χ3n) is 5.07. The van der Waals surface area contributed by atoms with Crippen molar-refractivity contribution in [1.29, 1.82) is 0 Å². The van der Waals surface area contributed by atoms with E-state index in [-0.39, 0.29) is 24.0 Å². The number of likely N-dealkylation sites (N-methyl/N-ethyl adjacent to an activating group) is 1. The molecule has 0 bridgehead atoms. The first-order chi connectivity index (χ1) is 13.0. The first kappa shape index (κ1) is 25.8. The lowest BCUT2D eigenvalue weighted by Crippen LogP contribution is -2.46. The maximum absolute atomic E-state index is 6.11. The lowest BCUT2D eigenvalue weighted by atomic mass is 10.2. The van der Waals surface area contributed by atoms with Gasteiger partial charge in [0.1, 0.15) is 0 Å². The molecule has 1 heterocycles. The van der Waals surface area contributed by atoms with Crippen molar-refractivity contribution in [2.75, 3.05) is 59.9 Å². The number of unbranched alkanes of at least 4 members (excludes halogenated alkanes) is 1. The summed E-state index contributed by atoms with van der Waals surface area (Å²) in [5, 5.41) is 4.63. The molecule has 0 amide bonds. The number of rotatable bonds is 8. The van der Waals surface area contributed by atoms with Gasteiger partial charge in [-0.15, -0.1) is 24.0 Å². The van der Waals surface area contributed by atoms with Gasteiger partial charge < -0.3 is 20.0 Å². The molecule has 28 heavy (non-hydrogen) atoms. The third kappa shape index (κ3) is 8.61. The second-order valence-electron chi connectivity index (χ2n) is 7.06. The largest absolute Gasteiger partial charge is 0.356 e. The first-order valence-corrected chi connectivity index (χ1v) is 10.6. The lowest BCUT2D eigenvalue weighted by Gasteiger charge is -2.34. The molecule has 0 aliphatic carbocycles. The number of benzene rings is 1. The molecule has 0 spiro atoms. The van der Waals surface area contributed by atoms with Gasteiger partial charge in [-0.3, -0.25) is 4.99 Å². The van der Waals surface area contributed by atoms with E-state index in [2.05, 4.69) is 31.9 Å². The fraction of sp³-hybridized carbons (Fsp3) is 0.650. The van der Waals surface area contributed by atoms with E-state index in [0.717, 1.165) is 31.0 Å². The maximum atomic E-state index is 6.11. The van der Waals surface area contributed by atoms with Crippen molar-refractivity contribution in [3.63, 3.8) is 0 Å². The van der Waals surface area contributed by atoms with Crippen LogP contribution in [-0.2, 0) is 6.54 Å². The summed E-state index contributed by atoms with van der Waals surface area (Å²) in [6, 6.07) is 5.74. The molecule has 0 aromatic heterocycles. The minimum Gasteiger partial charge on any atom is -0.356 e. The van der Waals surface area contributed by atoms with Crippen LogP contribution in [0.5, 0.6) is 0 Å². The molecule has 160 valence electrons. The molecule has 1 aliphatic heterocycles. The number of guanidine groups is 1. The van der Waals surface area contributed by atoms with Crippen molar-refractivity contribution in [2.45, 2.75) is 26.3 Å². The van der Waals surface area contributed by atoms with Gasteiger partial charge in [-0.1, -0.05) is 36.2 Å². The van der Waals surface area contributed by atoms with Crippen molar-refractivity contribution in [3.8, 4) is 0 Å². The topological polar surface area (TPSA) is 34.1 Å². The van der Waals surface area contributed by atoms with Gasteiger partial charge in [0, 0.05) is 53.4 Å². The molecule has 5 nitrogen and oxygen atoms in total. The zero-order chi connectivity index (χ0) is 19.6. The van der Waals surface area contributed by atoms with E-state index in [4.69, 9.17) is 23.2 Å². The van der Waals surface area contributed by atoms with Crippen molar-refractivity contribution in [1.82, 2.24) is 20.0 Å². The average molecular weight is 542 g/mol. The van der Waals surface area contributed by atoms with Crippen molar-refractivity contribution >= 4 is 53.1 Å². The Hall–Kier alpha value is -0.280. The van der Waals surface area contributed by atoms with Gasteiger partial charge in [-0.05, 0) is 43.6 Å².